The molecule has 0 atom stereocenters. The molecule has 2 heterocycles. The van der Waals surface area contributed by atoms with Gasteiger partial charge in [0.25, 0.3) is 5.56 Å². The predicted molar refractivity (Wildman–Crippen MR) is 117 cm³/mol. The number of fused-ring (bicyclic) bond motifs is 1. The zero-order valence-electron chi connectivity index (χ0n) is 15.8. The van der Waals surface area contributed by atoms with Gasteiger partial charge in [-0.3, -0.25) is 4.79 Å². The minimum atomic E-state index is -0.0198. The van der Waals surface area contributed by atoms with Crippen molar-refractivity contribution in [3.8, 4) is 5.75 Å². The molecular formula is C22H23ClN2O2S. The van der Waals surface area contributed by atoms with Gasteiger partial charge in [0.1, 0.15) is 5.75 Å². The molecule has 1 aromatic heterocycles. The smallest absolute Gasteiger partial charge is 0.258 e. The number of rotatable bonds is 5. The Morgan fingerprint density at radius 3 is 2.64 bits per heavy atom. The number of ether oxygens (including phenoxy) is 1. The minimum Gasteiger partial charge on any atom is -0.497 e. The highest BCUT2D eigenvalue weighted by Crippen LogP contribution is 2.35. The van der Waals surface area contributed by atoms with Crippen molar-refractivity contribution in [2.45, 2.75) is 29.5 Å². The molecule has 1 aliphatic heterocycles. The van der Waals surface area contributed by atoms with Crippen molar-refractivity contribution in [3.05, 3.63) is 69.6 Å². The van der Waals surface area contributed by atoms with E-state index in [2.05, 4.69) is 11.4 Å². The number of piperidine rings is 1. The number of methoxy groups -OCH3 is 1. The molecule has 2 aromatic carbocycles. The second-order valence-corrected chi connectivity index (χ2v) is 8.78. The zero-order valence-corrected chi connectivity index (χ0v) is 17.4. The first-order chi connectivity index (χ1) is 13.6. The normalized spacial score (nSPS) is 15.1. The van der Waals surface area contributed by atoms with Gasteiger partial charge < -0.3 is 14.6 Å². The fourth-order valence-corrected chi connectivity index (χ4v) is 5.01. The molecule has 0 bridgehead atoms. The average molecular weight is 415 g/mol. The maximum atomic E-state index is 13.0. The van der Waals surface area contributed by atoms with Gasteiger partial charge in [0.05, 0.1) is 18.7 Å². The van der Waals surface area contributed by atoms with Gasteiger partial charge in [-0.05, 0) is 67.2 Å². The van der Waals surface area contributed by atoms with E-state index in [-0.39, 0.29) is 5.56 Å². The van der Waals surface area contributed by atoms with Crippen LogP contribution in [0, 0.1) is 0 Å². The third kappa shape index (κ3) is 4.22. The van der Waals surface area contributed by atoms with Crippen LogP contribution in [0.2, 0.25) is 5.02 Å². The summed E-state index contributed by atoms with van der Waals surface area (Å²) in [7, 11) is 1.64. The summed E-state index contributed by atoms with van der Waals surface area (Å²) >= 11 is 8.37. The highest BCUT2D eigenvalue weighted by atomic mass is 35.5. The van der Waals surface area contributed by atoms with Crippen LogP contribution < -0.4 is 15.6 Å². The lowest BCUT2D eigenvalue weighted by Crippen LogP contribution is -2.29. The SMILES string of the molecule is COc1ccc(Cn2ccc3cc(SC4CCNCC4)c(Cl)cc3c2=O)cc1. The van der Waals surface area contributed by atoms with Crippen molar-refractivity contribution < 1.29 is 4.74 Å². The number of thioether (sulfide) groups is 1. The van der Waals surface area contributed by atoms with Crippen LogP contribution in [0.5, 0.6) is 5.75 Å². The number of benzene rings is 2. The Morgan fingerprint density at radius 1 is 1.18 bits per heavy atom. The van der Waals surface area contributed by atoms with E-state index in [1.54, 1.807) is 11.7 Å². The molecule has 0 unspecified atom stereocenters. The number of nitrogens with zero attached hydrogens (tertiary/aromatic N) is 1. The lowest BCUT2D eigenvalue weighted by atomic mass is 10.1. The molecule has 146 valence electrons. The van der Waals surface area contributed by atoms with Gasteiger partial charge in [0, 0.05) is 21.7 Å². The van der Waals surface area contributed by atoms with Crippen molar-refractivity contribution in [3.63, 3.8) is 0 Å². The van der Waals surface area contributed by atoms with Crippen LogP contribution in [-0.2, 0) is 6.54 Å². The molecule has 6 heteroatoms. The van der Waals surface area contributed by atoms with E-state index < -0.39 is 0 Å². The van der Waals surface area contributed by atoms with Crippen molar-refractivity contribution in [1.29, 1.82) is 0 Å². The molecule has 1 saturated heterocycles. The molecule has 1 fully saturated rings. The molecule has 1 aliphatic rings. The van der Waals surface area contributed by atoms with E-state index in [0.29, 0.717) is 22.2 Å². The molecule has 0 amide bonds. The van der Waals surface area contributed by atoms with Gasteiger partial charge in [0.2, 0.25) is 0 Å². The monoisotopic (exact) mass is 414 g/mol. The Labute approximate surface area is 173 Å². The summed E-state index contributed by atoms with van der Waals surface area (Å²) in [6, 6.07) is 13.6. The van der Waals surface area contributed by atoms with Gasteiger partial charge in [-0.1, -0.05) is 23.7 Å². The highest BCUT2D eigenvalue weighted by Gasteiger charge is 2.17. The molecule has 1 N–H and O–H groups in total. The summed E-state index contributed by atoms with van der Waals surface area (Å²) in [5, 5.41) is 6.23. The molecule has 4 nitrogen and oxygen atoms in total. The first-order valence-electron chi connectivity index (χ1n) is 9.47. The summed E-state index contributed by atoms with van der Waals surface area (Å²) in [5.74, 6) is 0.806. The standard InChI is InChI=1S/C22H23ClN2O2S/c1-27-17-4-2-15(3-5-17)14-25-11-8-16-12-21(20(23)13-19(16)22(25)26)28-18-6-9-24-10-7-18/h2-5,8,11-13,18,24H,6-7,9-10,14H2,1H3. The Morgan fingerprint density at radius 2 is 1.93 bits per heavy atom. The number of hydrogen-bond acceptors (Lipinski definition) is 4. The first-order valence-corrected chi connectivity index (χ1v) is 10.7. The Bertz CT molecular complexity index is 1030. The quantitative estimate of drug-likeness (QED) is 0.664. The lowest BCUT2D eigenvalue weighted by molar-refractivity contribution is 0.414. The molecule has 0 aliphatic carbocycles. The van der Waals surface area contributed by atoms with Crippen molar-refractivity contribution in [2.24, 2.45) is 0 Å². The summed E-state index contributed by atoms with van der Waals surface area (Å²) in [4.78, 5) is 14.0. The molecular weight excluding hydrogens is 392 g/mol. The topological polar surface area (TPSA) is 43.3 Å². The van der Waals surface area contributed by atoms with E-state index in [1.807, 2.05) is 54.4 Å². The number of pyridine rings is 1. The molecule has 0 spiro atoms. The maximum Gasteiger partial charge on any atom is 0.258 e. The van der Waals surface area contributed by atoms with Crippen LogP contribution in [-0.4, -0.2) is 30.0 Å². The second-order valence-electron chi connectivity index (χ2n) is 7.03. The van der Waals surface area contributed by atoms with Crippen LogP contribution >= 0.6 is 23.4 Å². The molecule has 4 rings (SSSR count). The summed E-state index contributed by atoms with van der Waals surface area (Å²) < 4.78 is 6.91. The number of aromatic nitrogens is 1. The van der Waals surface area contributed by atoms with Crippen LogP contribution in [0.3, 0.4) is 0 Å². The Hall–Kier alpha value is -1.95. The highest BCUT2D eigenvalue weighted by molar-refractivity contribution is 8.00. The fourth-order valence-electron chi connectivity index (χ4n) is 3.52. The van der Waals surface area contributed by atoms with Crippen molar-refractivity contribution >= 4 is 34.1 Å². The van der Waals surface area contributed by atoms with Crippen molar-refractivity contribution in [1.82, 2.24) is 9.88 Å². The van der Waals surface area contributed by atoms with E-state index >= 15 is 0 Å². The Balaban J connectivity index is 1.61. The first kappa shape index (κ1) is 19.4. The van der Waals surface area contributed by atoms with Crippen molar-refractivity contribution in [2.75, 3.05) is 20.2 Å². The zero-order chi connectivity index (χ0) is 19.5. The number of nitrogens with one attached hydrogen (secondary N) is 1. The van der Waals surface area contributed by atoms with Gasteiger partial charge in [0.15, 0.2) is 0 Å². The molecule has 0 saturated carbocycles. The molecule has 3 aromatic rings. The number of hydrogen-bond donors (Lipinski definition) is 1. The third-order valence-corrected chi connectivity index (χ3v) is 6.94. The largest absolute Gasteiger partial charge is 0.497 e. The summed E-state index contributed by atoms with van der Waals surface area (Å²) in [5.41, 5.74) is 1.03. The molecule has 0 radical (unpaired) electrons. The number of halogens is 1. The van der Waals surface area contributed by atoms with E-state index in [0.717, 1.165) is 47.5 Å². The molecule has 28 heavy (non-hydrogen) atoms. The van der Waals surface area contributed by atoms with Gasteiger partial charge in [-0.2, -0.15) is 0 Å². The maximum absolute atomic E-state index is 13.0. The van der Waals surface area contributed by atoms with Gasteiger partial charge >= 0.3 is 0 Å². The van der Waals surface area contributed by atoms with E-state index in [9.17, 15) is 4.79 Å². The Kier molecular flexibility index (Phi) is 5.95. The predicted octanol–water partition coefficient (Wildman–Crippen LogP) is 4.56. The second kappa shape index (κ2) is 8.60. The third-order valence-electron chi connectivity index (χ3n) is 5.12. The minimum absolute atomic E-state index is 0.0198. The fraction of sp³-hybridized carbons (Fsp3) is 0.318. The van der Waals surface area contributed by atoms with Gasteiger partial charge in [-0.25, -0.2) is 0 Å². The van der Waals surface area contributed by atoms with Crippen LogP contribution in [0.1, 0.15) is 18.4 Å². The average Bonchev–Trinajstić information content (AvgIpc) is 2.73. The van der Waals surface area contributed by atoms with Crippen LogP contribution in [0.15, 0.2) is 58.4 Å². The van der Waals surface area contributed by atoms with Gasteiger partial charge in [-0.15, -0.1) is 11.8 Å². The van der Waals surface area contributed by atoms with E-state index in [4.69, 9.17) is 16.3 Å². The summed E-state index contributed by atoms with van der Waals surface area (Å²) in [6.45, 7) is 2.62. The van der Waals surface area contributed by atoms with E-state index in [1.165, 1.54) is 0 Å². The van der Waals surface area contributed by atoms with Crippen LogP contribution in [0.25, 0.3) is 10.8 Å². The lowest BCUT2D eigenvalue weighted by Gasteiger charge is -2.22. The van der Waals surface area contributed by atoms with Crippen LogP contribution in [0.4, 0.5) is 0 Å². The summed E-state index contributed by atoms with van der Waals surface area (Å²) in [6.07, 6.45) is 4.15.